The monoisotopic (exact) mass is 344 g/mol. The van der Waals surface area contributed by atoms with Crippen LogP contribution >= 0.6 is 0 Å². The van der Waals surface area contributed by atoms with Crippen molar-refractivity contribution in [2.45, 2.75) is 25.3 Å². The summed E-state index contributed by atoms with van der Waals surface area (Å²) >= 11 is 0. The minimum Gasteiger partial charge on any atom is -0.352 e. The summed E-state index contributed by atoms with van der Waals surface area (Å²) in [5, 5.41) is 5.69. The molecule has 1 aliphatic rings. The Labute approximate surface area is 145 Å². The van der Waals surface area contributed by atoms with Gasteiger partial charge in [-0.2, -0.15) is 0 Å². The summed E-state index contributed by atoms with van der Waals surface area (Å²) in [5.74, 6) is 0.441. The van der Waals surface area contributed by atoms with Crippen molar-refractivity contribution in [3.05, 3.63) is 53.9 Å². The van der Waals surface area contributed by atoms with Crippen LogP contribution in [0.2, 0.25) is 0 Å². The fourth-order valence-electron chi connectivity index (χ4n) is 2.74. The fourth-order valence-corrected chi connectivity index (χ4v) is 2.74. The highest BCUT2D eigenvalue weighted by Crippen LogP contribution is 2.40. The van der Waals surface area contributed by atoms with Crippen LogP contribution in [-0.2, 0) is 11.8 Å². The van der Waals surface area contributed by atoms with E-state index >= 15 is 0 Å². The number of hydrogen-bond acceptors (Lipinski definition) is 3. The zero-order valence-electron chi connectivity index (χ0n) is 14.0. The molecule has 1 atom stereocenters. The second-order valence-electron chi connectivity index (χ2n) is 6.29. The van der Waals surface area contributed by atoms with Crippen molar-refractivity contribution < 1.29 is 14.0 Å². The van der Waals surface area contributed by atoms with Crippen LogP contribution in [0.5, 0.6) is 0 Å². The Hall–Kier alpha value is -2.70. The number of amides is 2. The lowest BCUT2D eigenvalue weighted by Crippen LogP contribution is -2.34. The number of aromatic nitrogens is 2. The number of aryl methyl sites for hydroxylation is 1. The summed E-state index contributed by atoms with van der Waals surface area (Å²) in [7, 11) is 1.91. The van der Waals surface area contributed by atoms with E-state index in [1.54, 1.807) is 6.20 Å². The molecule has 0 saturated heterocycles. The second kappa shape index (κ2) is 7.46. The smallest absolute Gasteiger partial charge is 0.251 e. The average molecular weight is 344 g/mol. The molecule has 2 amide bonds. The van der Waals surface area contributed by atoms with Gasteiger partial charge >= 0.3 is 0 Å². The molecule has 1 heterocycles. The van der Waals surface area contributed by atoms with Gasteiger partial charge in [0.2, 0.25) is 5.91 Å². The van der Waals surface area contributed by atoms with Gasteiger partial charge in [0.25, 0.3) is 5.91 Å². The topological polar surface area (TPSA) is 76.0 Å². The Morgan fingerprint density at radius 2 is 2.04 bits per heavy atom. The van der Waals surface area contributed by atoms with E-state index < -0.39 is 5.82 Å². The van der Waals surface area contributed by atoms with Gasteiger partial charge in [-0.1, -0.05) is 0 Å². The normalized spacial score (nSPS) is 14.8. The van der Waals surface area contributed by atoms with Crippen LogP contribution in [0.1, 0.15) is 41.5 Å². The number of nitrogens with zero attached hydrogens (tertiary/aromatic N) is 2. The van der Waals surface area contributed by atoms with Crippen molar-refractivity contribution in [1.82, 2.24) is 20.2 Å². The standard InChI is InChI=1S/C18H21FN4O2/c1-23-11-10-20-17(23)16(12-2-3-12)22-15(24)8-9-21-18(25)13-4-6-14(19)7-5-13/h4-7,10-12,16H,2-3,8-9H2,1H3,(H,21,25)(H,22,24)/t16-/m0/s1. The number of rotatable bonds is 7. The first kappa shape index (κ1) is 17.1. The first-order valence-corrected chi connectivity index (χ1v) is 8.35. The van der Waals surface area contributed by atoms with Crippen molar-refractivity contribution in [2.24, 2.45) is 13.0 Å². The molecule has 25 heavy (non-hydrogen) atoms. The second-order valence-corrected chi connectivity index (χ2v) is 6.29. The lowest BCUT2D eigenvalue weighted by atomic mass is 10.1. The molecule has 0 radical (unpaired) electrons. The molecule has 6 nitrogen and oxygen atoms in total. The number of halogens is 1. The summed E-state index contributed by atoms with van der Waals surface area (Å²) in [4.78, 5) is 28.5. The summed E-state index contributed by atoms with van der Waals surface area (Å²) < 4.78 is 14.8. The van der Waals surface area contributed by atoms with E-state index in [2.05, 4.69) is 15.6 Å². The molecular formula is C18H21FN4O2. The van der Waals surface area contributed by atoms with Crippen molar-refractivity contribution >= 4 is 11.8 Å². The molecule has 1 fully saturated rings. The van der Waals surface area contributed by atoms with Gasteiger partial charge in [0.05, 0.1) is 6.04 Å². The third-order valence-electron chi connectivity index (χ3n) is 4.29. The first-order chi connectivity index (χ1) is 12.0. The van der Waals surface area contributed by atoms with Gasteiger partial charge in [-0.25, -0.2) is 9.37 Å². The maximum absolute atomic E-state index is 12.9. The van der Waals surface area contributed by atoms with Crippen molar-refractivity contribution in [2.75, 3.05) is 6.54 Å². The summed E-state index contributed by atoms with van der Waals surface area (Å²) in [6.07, 6.45) is 5.93. The van der Waals surface area contributed by atoms with E-state index in [4.69, 9.17) is 0 Å². The Bertz CT molecular complexity index is 753. The van der Waals surface area contributed by atoms with Crippen LogP contribution in [-0.4, -0.2) is 27.9 Å². The highest BCUT2D eigenvalue weighted by atomic mass is 19.1. The quantitative estimate of drug-likeness (QED) is 0.806. The number of carbonyl (C=O) groups excluding carboxylic acids is 2. The Balaban J connectivity index is 1.48. The van der Waals surface area contributed by atoms with Crippen LogP contribution in [0, 0.1) is 11.7 Å². The van der Waals surface area contributed by atoms with Crippen LogP contribution in [0.25, 0.3) is 0 Å². The number of imidazole rings is 1. The summed E-state index contributed by atoms with van der Waals surface area (Å²) in [6.45, 7) is 0.222. The van der Waals surface area contributed by atoms with Gasteiger partial charge in [0.1, 0.15) is 11.6 Å². The van der Waals surface area contributed by atoms with Crippen LogP contribution in [0.15, 0.2) is 36.7 Å². The maximum Gasteiger partial charge on any atom is 0.251 e. The fraction of sp³-hybridized carbons (Fsp3) is 0.389. The van der Waals surface area contributed by atoms with E-state index in [-0.39, 0.29) is 30.8 Å². The average Bonchev–Trinajstić information content (AvgIpc) is 3.35. The third-order valence-corrected chi connectivity index (χ3v) is 4.29. The van der Waals surface area contributed by atoms with Gasteiger partial charge in [-0.05, 0) is 43.0 Å². The Morgan fingerprint density at radius 3 is 2.64 bits per heavy atom. The van der Waals surface area contributed by atoms with Gasteiger partial charge < -0.3 is 15.2 Å². The third kappa shape index (κ3) is 4.43. The SMILES string of the molecule is Cn1ccnc1[C@@H](NC(=O)CCNC(=O)c1ccc(F)cc1)C1CC1. The summed E-state index contributed by atoms with van der Waals surface area (Å²) in [6, 6.07) is 5.20. The van der Waals surface area contributed by atoms with E-state index in [9.17, 15) is 14.0 Å². The minimum absolute atomic E-state index is 0.0831. The number of nitrogens with one attached hydrogen (secondary N) is 2. The molecule has 2 aromatic rings. The zero-order valence-corrected chi connectivity index (χ0v) is 14.0. The first-order valence-electron chi connectivity index (χ1n) is 8.35. The van der Waals surface area contributed by atoms with Crippen LogP contribution in [0.3, 0.4) is 0 Å². The molecule has 0 spiro atoms. The van der Waals surface area contributed by atoms with Crippen molar-refractivity contribution in [3.63, 3.8) is 0 Å². The largest absolute Gasteiger partial charge is 0.352 e. The summed E-state index contributed by atoms with van der Waals surface area (Å²) in [5.41, 5.74) is 0.366. The van der Waals surface area contributed by atoms with Crippen molar-refractivity contribution in [1.29, 1.82) is 0 Å². The molecule has 3 rings (SSSR count). The molecule has 1 aromatic heterocycles. The molecule has 0 bridgehead atoms. The van der Waals surface area contributed by atoms with E-state index in [1.165, 1.54) is 24.3 Å². The van der Waals surface area contributed by atoms with Gasteiger partial charge in [-0.3, -0.25) is 9.59 Å². The van der Waals surface area contributed by atoms with Gasteiger partial charge in [0.15, 0.2) is 0 Å². The Morgan fingerprint density at radius 1 is 1.32 bits per heavy atom. The predicted octanol–water partition coefficient (Wildman–Crippen LogP) is 1.95. The zero-order chi connectivity index (χ0) is 17.8. The van der Waals surface area contributed by atoms with Gasteiger partial charge in [-0.15, -0.1) is 0 Å². The van der Waals surface area contributed by atoms with Gasteiger partial charge in [0, 0.05) is 38.0 Å². The molecule has 2 N–H and O–H groups in total. The lowest BCUT2D eigenvalue weighted by molar-refractivity contribution is -0.121. The highest BCUT2D eigenvalue weighted by molar-refractivity contribution is 5.94. The molecular weight excluding hydrogens is 323 g/mol. The maximum atomic E-state index is 12.9. The van der Waals surface area contributed by atoms with E-state index in [1.807, 2.05) is 17.8 Å². The molecule has 0 aliphatic heterocycles. The molecule has 0 unspecified atom stereocenters. The minimum atomic E-state index is -0.392. The highest BCUT2D eigenvalue weighted by Gasteiger charge is 2.35. The Kier molecular flexibility index (Phi) is 5.11. The number of hydrogen-bond donors (Lipinski definition) is 2. The number of carbonyl (C=O) groups is 2. The van der Waals surface area contributed by atoms with Crippen LogP contribution < -0.4 is 10.6 Å². The van der Waals surface area contributed by atoms with Crippen molar-refractivity contribution in [3.8, 4) is 0 Å². The molecule has 1 aromatic carbocycles. The van der Waals surface area contributed by atoms with E-state index in [0.717, 1.165) is 18.7 Å². The molecule has 7 heteroatoms. The molecule has 132 valence electrons. The number of benzene rings is 1. The van der Waals surface area contributed by atoms with E-state index in [0.29, 0.717) is 11.5 Å². The molecule has 1 aliphatic carbocycles. The van der Waals surface area contributed by atoms with Crippen LogP contribution in [0.4, 0.5) is 4.39 Å². The molecule has 1 saturated carbocycles. The lowest BCUT2D eigenvalue weighted by Gasteiger charge is -2.18. The predicted molar refractivity (Wildman–Crippen MR) is 90.2 cm³/mol.